The number of hydrogen-bond acceptors (Lipinski definition) is 3. The monoisotopic (exact) mass is 293 g/mol. The van der Waals surface area contributed by atoms with Gasteiger partial charge in [0.15, 0.2) is 0 Å². The third-order valence-corrected chi connectivity index (χ3v) is 3.55. The fourth-order valence-electron chi connectivity index (χ4n) is 2.43. The van der Waals surface area contributed by atoms with Gasteiger partial charge in [-0.15, -0.1) is 0 Å². The molecule has 1 aromatic heterocycles. The largest absolute Gasteiger partial charge is 0.497 e. The van der Waals surface area contributed by atoms with Gasteiger partial charge in [0.05, 0.1) is 24.2 Å². The maximum atomic E-state index is 5.67. The van der Waals surface area contributed by atoms with Gasteiger partial charge in [0, 0.05) is 12.0 Å². The van der Waals surface area contributed by atoms with Crippen LogP contribution in [0.3, 0.4) is 0 Å². The summed E-state index contributed by atoms with van der Waals surface area (Å²) < 4.78 is 7.19. The van der Waals surface area contributed by atoms with Crippen LogP contribution in [-0.2, 0) is 6.42 Å². The van der Waals surface area contributed by atoms with Crippen LogP contribution >= 0.6 is 0 Å². The fraction of sp³-hybridized carbons (Fsp3) is 0.167. The van der Waals surface area contributed by atoms with Gasteiger partial charge in [-0.2, -0.15) is 5.10 Å². The van der Waals surface area contributed by atoms with Crippen LogP contribution in [0.25, 0.3) is 16.9 Å². The Bertz CT molecular complexity index is 733. The van der Waals surface area contributed by atoms with Crippen LogP contribution in [0.15, 0.2) is 60.7 Å². The number of rotatable bonds is 5. The van der Waals surface area contributed by atoms with Crippen LogP contribution in [-0.4, -0.2) is 23.4 Å². The molecular weight excluding hydrogens is 274 g/mol. The van der Waals surface area contributed by atoms with Crippen molar-refractivity contribution in [2.75, 3.05) is 13.7 Å². The third kappa shape index (κ3) is 2.87. The molecule has 3 rings (SSSR count). The molecule has 2 N–H and O–H groups in total. The first-order chi connectivity index (χ1) is 10.8. The van der Waals surface area contributed by atoms with Gasteiger partial charge < -0.3 is 10.5 Å². The molecule has 0 bridgehead atoms. The van der Waals surface area contributed by atoms with Crippen molar-refractivity contribution >= 4 is 0 Å². The van der Waals surface area contributed by atoms with E-state index in [2.05, 4.69) is 6.07 Å². The first kappa shape index (κ1) is 14.4. The molecular formula is C18H19N3O. The van der Waals surface area contributed by atoms with Crippen molar-refractivity contribution in [3.05, 3.63) is 66.4 Å². The third-order valence-electron chi connectivity index (χ3n) is 3.55. The normalized spacial score (nSPS) is 10.6. The van der Waals surface area contributed by atoms with E-state index in [1.54, 1.807) is 7.11 Å². The molecule has 0 saturated carbocycles. The van der Waals surface area contributed by atoms with Crippen molar-refractivity contribution in [2.24, 2.45) is 5.73 Å². The van der Waals surface area contributed by atoms with Gasteiger partial charge in [-0.1, -0.05) is 18.2 Å². The second-order valence-electron chi connectivity index (χ2n) is 5.04. The molecule has 0 radical (unpaired) electrons. The Morgan fingerprint density at radius 3 is 2.41 bits per heavy atom. The Morgan fingerprint density at radius 2 is 1.77 bits per heavy atom. The van der Waals surface area contributed by atoms with Gasteiger partial charge in [0.2, 0.25) is 0 Å². The van der Waals surface area contributed by atoms with Gasteiger partial charge >= 0.3 is 0 Å². The van der Waals surface area contributed by atoms with Crippen LogP contribution in [0.5, 0.6) is 5.75 Å². The zero-order chi connectivity index (χ0) is 15.4. The molecule has 3 aromatic rings. The molecule has 0 saturated heterocycles. The molecule has 0 fully saturated rings. The van der Waals surface area contributed by atoms with Gasteiger partial charge in [0.25, 0.3) is 0 Å². The smallest absolute Gasteiger partial charge is 0.118 e. The van der Waals surface area contributed by atoms with Crippen LogP contribution in [0.2, 0.25) is 0 Å². The highest BCUT2D eigenvalue weighted by Crippen LogP contribution is 2.26. The van der Waals surface area contributed by atoms with Crippen molar-refractivity contribution in [3.63, 3.8) is 0 Å². The predicted molar refractivity (Wildman–Crippen MR) is 88.3 cm³/mol. The van der Waals surface area contributed by atoms with E-state index >= 15 is 0 Å². The highest BCUT2D eigenvalue weighted by Gasteiger charge is 2.11. The Labute approximate surface area is 130 Å². The van der Waals surface area contributed by atoms with E-state index in [1.165, 1.54) is 0 Å². The maximum Gasteiger partial charge on any atom is 0.118 e. The molecule has 0 atom stereocenters. The number of methoxy groups -OCH3 is 1. The molecule has 0 spiro atoms. The standard InChI is InChI=1S/C18H19N3O/c1-22-17-9-7-14(8-10-17)18-13-15(11-12-19)20-21(18)16-5-3-2-4-6-16/h2-10,13H,11-12,19H2,1H3. The van der Waals surface area contributed by atoms with E-state index in [-0.39, 0.29) is 0 Å². The summed E-state index contributed by atoms with van der Waals surface area (Å²) in [6.07, 6.45) is 0.767. The molecule has 4 heteroatoms. The number of benzene rings is 2. The molecule has 0 aliphatic carbocycles. The fourth-order valence-corrected chi connectivity index (χ4v) is 2.43. The predicted octanol–water partition coefficient (Wildman–Crippen LogP) is 3.05. The van der Waals surface area contributed by atoms with Crippen LogP contribution in [0.1, 0.15) is 5.69 Å². The Morgan fingerprint density at radius 1 is 1.05 bits per heavy atom. The van der Waals surface area contributed by atoms with Crippen molar-refractivity contribution in [3.8, 4) is 22.7 Å². The summed E-state index contributed by atoms with van der Waals surface area (Å²) in [6.45, 7) is 0.591. The zero-order valence-corrected chi connectivity index (χ0v) is 12.6. The molecule has 22 heavy (non-hydrogen) atoms. The highest BCUT2D eigenvalue weighted by molar-refractivity contribution is 5.63. The lowest BCUT2D eigenvalue weighted by atomic mass is 10.1. The summed E-state index contributed by atoms with van der Waals surface area (Å²) in [7, 11) is 1.67. The number of ether oxygens (including phenoxy) is 1. The summed E-state index contributed by atoms with van der Waals surface area (Å²) in [5.74, 6) is 0.844. The molecule has 1 heterocycles. The summed E-state index contributed by atoms with van der Waals surface area (Å²) in [5.41, 5.74) is 9.86. The summed E-state index contributed by atoms with van der Waals surface area (Å²) >= 11 is 0. The van der Waals surface area contributed by atoms with Gasteiger partial charge in [-0.25, -0.2) is 4.68 Å². The van der Waals surface area contributed by atoms with E-state index in [9.17, 15) is 0 Å². The number of hydrogen-bond donors (Lipinski definition) is 1. The topological polar surface area (TPSA) is 53.1 Å². The number of nitrogens with zero attached hydrogens (tertiary/aromatic N) is 2. The second kappa shape index (κ2) is 6.45. The van der Waals surface area contributed by atoms with Crippen molar-refractivity contribution < 1.29 is 4.74 Å². The van der Waals surface area contributed by atoms with Crippen molar-refractivity contribution in [1.82, 2.24) is 9.78 Å². The van der Waals surface area contributed by atoms with Crippen LogP contribution in [0.4, 0.5) is 0 Å². The second-order valence-corrected chi connectivity index (χ2v) is 5.04. The molecule has 0 unspecified atom stereocenters. The molecule has 0 amide bonds. The molecule has 0 aliphatic rings. The number of nitrogens with two attached hydrogens (primary N) is 1. The van der Waals surface area contributed by atoms with Crippen molar-refractivity contribution in [1.29, 1.82) is 0 Å². The van der Waals surface area contributed by atoms with Gasteiger partial charge in [0.1, 0.15) is 5.75 Å². The summed E-state index contributed by atoms with van der Waals surface area (Å²) in [5, 5.41) is 4.69. The Kier molecular flexibility index (Phi) is 4.21. The van der Waals surface area contributed by atoms with Gasteiger partial charge in [-0.3, -0.25) is 0 Å². The van der Waals surface area contributed by atoms with Crippen LogP contribution < -0.4 is 10.5 Å². The van der Waals surface area contributed by atoms with E-state index in [0.717, 1.165) is 34.8 Å². The lowest BCUT2D eigenvalue weighted by Crippen LogP contribution is -2.04. The number of para-hydroxylation sites is 1. The van der Waals surface area contributed by atoms with E-state index in [4.69, 9.17) is 15.6 Å². The first-order valence-electron chi connectivity index (χ1n) is 7.30. The van der Waals surface area contributed by atoms with Gasteiger partial charge in [-0.05, 0) is 49.0 Å². The Balaban J connectivity index is 2.08. The molecule has 4 nitrogen and oxygen atoms in total. The van der Waals surface area contributed by atoms with E-state index < -0.39 is 0 Å². The average molecular weight is 293 g/mol. The minimum absolute atomic E-state index is 0.591. The van der Waals surface area contributed by atoms with E-state index in [1.807, 2.05) is 59.3 Å². The zero-order valence-electron chi connectivity index (χ0n) is 12.6. The Hall–Kier alpha value is -2.59. The average Bonchev–Trinajstić information content (AvgIpc) is 3.00. The molecule has 0 aliphatic heterocycles. The minimum Gasteiger partial charge on any atom is -0.497 e. The highest BCUT2D eigenvalue weighted by atomic mass is 16.5. The van der Waals surface area contributed by atoms with Crippen molar-refractivity contribution in [2.45, 2.75) is 6.42 Å². The quantitative estimate of drug-likeness (QED) is 0.786. The maximum absolute atomic E-state index is 5.67. The first-order valence-corrected chi connectivity index (χ1v) is 7.30. The summed E-state index contributed by atoms with van der Waals surface area (Å²) in [4.78, 5) is 0. The minimum atomic E-state index is 0.591. The molecule has 112 valence electrons. The lowest BCUT2D eigenvalue weighted by Gasteiger charge is -2.08. The lowest BCUT2D eigenvalue weighted by molar-refractivity contribution is 0.415. The summed E-state index contributed by atoms with van der Waals surface area (Å²) in [6, 6.07) is 20.2. The molecule has 2 aromatic carbocycles. The van der Waals surface area contributed by atoms with Crippen LogP contribution in [0, 0.1) is 0 Å². The SMILES string of the molecule is COc1ccc(-c2cc(CCN)nn2-c2ccccc2)cc1. The van der Waals surface area contributed by atoms with E-state index in [0.29, 0.717) is 6.54 Å². The number of aromatic nitrogens is 2.